The number of fused-ring (bicyclic) bond motifs is 1. The van der Waals surface area contributed by atoms with E-state index in [0.29, 0.717) is 23.7 Å². The van der Waals surface area contributed by atoms with E-state index in [1.54, 1.807) is 11.0 Å². The lowest BCUT2D eigenvalue weighted by molar-refractivity contribution is 0.331. The summed E-state index contributed by atoms with van der Waals surface area (Å²) < 4.78 is 7.14. The third-order valence-corrected chi connectivity index (χ3v) is 2.08. The van der Waals surface area contributed by atoms with Gasteiger partial charge in [-0.05, 0) is 6.92 Å². The summed E-state index contributed by atoms with van der Waals surface area (Å²) >= 11 is 0. The molecule has 7 heteroatoms. The smallest absolute Gasteiger partial charge is 0.247 e. The number of aromatic nitrogens is 4. The topological polar surface area (TPSA) is 82.1 Å². The van der Waals surface area contributed by atoms with Gasteiger partial charge in [0.2, 0.25) is 11.8 Å². The second-order valence-corrected chi connectivity index (χ2v) is 3.43. The molecule has 0 bridgehead atoms. The van der Waals surface area contributed by atoms with Crippen molar-refractivity contribution in [2.75, 3.05) is 31.4 Å². The molecule has 0 saturated carbocycles. The molecule has 2 N–H and O–H groups in total. The quantitative estimate of drug-likeness (QED) is 0.787. The van der Waals surface area contributed by atoms with Gasteiger partial charge in [0.1, 0.15) is 6.33 Å². The van der Waals surface area contributed by atoms with Crippen LogP contribution in [0.1, 0.15) is 6.92 Å². The number of nitrogens with two attached hydrogens (primary N) is 1. The standard InChI is InChI=1S/C9H14N6O/c1-4-16-8-6-7(12-9(10)13-8)15(5-11-6)14(2)3/h5H,4H2,1-3H3,(H2,10,12,13). The molecule has 0 amide bonds. The normalized spacial score (nSPS) is 10.7. The summed E-state index contributed by atoms with van der Waals surface area (Å²) in [6, 6.07) is 0. The lowest BCUT2D eigenvalue weighted by atomic mass is 10.5. The van der Waals surface area contributed by atoms with Crippen molar-refractivity contribution in [3.05, 3.63) is 6.33 Å². The van der Waals surface area contributed by atoms with Crippen molar-refractivity contribution in [2.24, 2.45) is 0 Å². The molecule has 2 heterocycles. The van der Waals surface area contributed by atoms with Gasteiger partial charge in [-0.15, -0.1) is 0 Å². The molecular formula is C9H14N6O. The summed E-state index contributed by atoms with van der Waals surface area (Å²) in [5.41, 5.74) is 6.88. The Labute approximate surface area is 92.8 Å². The minimum absolute atomic E-state index is 0.180. The van der Waals surface area contributed by atoms with Gasteiger partial charge in [0, 0.05) is 14.1 Å². The van der Waals surface area contributed by atoms with Gasteiger partial charge < -0.3 is 15.5 Å². The molecule has 0 radical (unpaired) electrons. The Balaban J connectivity index is 2.65. The Morgan fingerprint density at radius 2 is 2.19 bits per heavy atom. The van der Waals surface area contributed by atoms with Crippen LogP contribution in [0.2, 0.25) is 0 Å². The Morgan fingerprint density at radius 1 is 1.44 bits per heavy atom. The third-order valence-electron chi connectivity index (χ3n) is 2.08. The first-order chi connectivity index (χ1) is 7.63. The molecule has 2 aromatic rings. The summed E-state index contributed by atoms with van der Waals surface area (Å²) in [7, 11) is 3.78. The second kappa shape index (κ2) is 3.84. The van der Waals surface area contributed by atoms with Gasteiger partial charge >= 0.3 is 0 Å². The first kappa shape index (κ1) is 10.5. The zero-order chi connectivity index (χ0) is 11.7. The fourth-order valence-corrected chi connectivity index (χ4v) is 1.41. The fourth-order valence-electron chi connectivity index (χ4n) is 1.41. The van der Waals surface area contributed by atoms with Gasteiger partial charge in [0.25, 0.3) is 0 Å². The zero-order valence-electron chi connectivity index (χ0n) is 9.51. The maximum atomic E-state index is 5.62. The molecule has 86 valence electrons. The van der Waals surface area contributed by atoms with Gasteiger partial charge in [-0.25, -0.2) is 9.66 Å². The molecule has 2 aromatic heterocycles. The molecule has 2 rings (SSSR count). The van der Waals surface area contributed by atoms with Crippen molar-refractivity contribution in [3.8, 4) is 5.88 Å². The van der Waals surface area contributed by atoms with E-state index in [9.17, 15) is 0 Å². The minimum Gasteiger partial charge on any atom is -0.476 e. The highest BCUT2D eigenvalue weighted by Crippen LogP contribution is 2.21. The molecule has 0 saturated heterocycles. The molecule has 0 spiro atoms. The highest BCUT2D eigenvalue weighted by atomic mass is 16.5. The summed E-state index contributed by atoms with van der Waals surface area (Å²) in [5.74, 6) is 0.602. The Hall–Kier alpha value is -2.05. The van der Waals surface area contributed by atoms with Crippen molar-refractivity contribution in [3.63, 3.8) is 0 Å². The minimum atomic E-state index is 0.180. The molecule has 7 nitrogen and oxygen atoms in total. The van der Waals surface area contributed by atoms with E-state index in [0.717, 1.165) is 0 Å². The van der Waals surface area contributed by atoms with Crippen molar-refractivity contribution >= 4 is 17.1 Å². The number of rotatable bonds is 3. The van der Waals surface area contributed by atoms with Gasteiger partial charge in [-0.2, -0.15) is 9.97 Å². The summed E-state index contributed by atoms with van der Waals surface area (Å²) in [6.45, 7) is 2.40. The molecule has 0 atom stereocenters. The van der Waals surface area contributed by atoms with Crippen molar-refractivity contribution < 1.29 is 4.74 Å². The first-order valence-corrected chi connectivity index (χ1v) is 4.94. The second-order valence-electron chi connectivity index (χ2n) is 3.43. The average Bonchev–Trinajstić information content (AvgIpc) is 2.61. The summed E-state index contributed by atoms with van der Waals surface area (Å²) in [6.07, 6.45) is 1.65. The van der Waals surface area contributed by atoms with Crippen LogP contribution in [0.15, 0.2) is 6.33 Å². The number of nitrogen functional groups attached to an aromatic ring is 1. The van der Waals surface area contributed by atoms with E-state index in [2.05, 4.69) is 15.0 Å². The average molecular weight is 222 g/mol. The number of imidazole rings is 1. The molecule has 16 heavy (non-hydrogen) atoms. The van der Waals surface area contributed by atoms with Gasteiger partial charge in [-0.1, -0.05) is 0 Å². The summed E-state index contributed by atoms with van der Waals surface area (Å²) in [5, 5.41) is 1.84. The lowest BCUT2D eigenvalue weighted by Gasteiger charge is -2.13. The van der Waals surface area contributed by atoms with Gasteiger partial charge in [0.05, 0.1) is 6.61 Å². The number of hydrogen-bond donors (Lipinski definition) is 1. The van der Waals surface area contributed by atoms with E-state index < -0.39 is 0 Å². The number of nitrogens with zero attached hydrogens (tertiary/aromatic N) is 5. The van der Waals surface area contributed by atoms with Crippen LogP contribution in [0.25, 0.3) is 11.2 Å². The van der Waals surface area contributed by atoms with Crippen LogP contribution in [-0.4, -0.2) is 40.3 Å². The maximum Gasteiger partial charge on any atom is 0.247 e. The van der Waals surface area contributed by atoms with Gasteiger partial charge in [-0.3, -0.25) is 0 Å². The predicted octanol–water partition coefficient (Wildman–Crippen LogP) is 0.00480. The lowest BCUT2D eigenvalue weighted by Crippen LogP contribution is -2.24. The van der Waals surface area contributed by atoms with E-state index in [-0.39, 0.29) is 5.95 Å². The van der Waals surface area contributed by atoms with Crippen LogP contribution < -0.4 is 15.5 Å². The monoisotopic (exact) mass is 222 g/mol. The van der Waals surface area contributed by atoms with Crippen LogP contribution in [0.5, 0.6) is 5.88 Å². The Morgan fingerprint density at radius 3 is 2.81 bits per heavy atom. The van der Waals surface area contributed by atoms with Crippen molar-refractivity contribution in [1.29, 1.82) is 0 Å². The van der Waals surface area contributed by atoms with Crippen LogP contribution >= 0.6 is 0 Å². The largest absolute Gasteiger partial charge is 0.476 e. The van der Waals surface area contributed by atoms with E-state index >= 15 is 0 Å². The first-order valence-electron chi connectivity index (χ1n) is 4.94. The highest BCUT2D eigenvalue weighted by Gasteiger charge is 2.13. The maximum absolute atomic E-state index is 5.62. The predicted molar refractivity (Wildman–Crippen MR) is 61.0 cm³/mol. The van der Waals surface area contributed by atoms with Crippen molar-refractivity contribution in [1.82, 2.24) is 19.6 Å². The van der Waals surface area contributed by atoms with Crippen molar-refractivity contribution in [2.45, 2.75) is 6.92 Å². The molecular weight excluding hydrogens is 208 g/mol. The highest BCUT2D eigenvalue weighted by molar-refractivity contribution is 5.77. The number of ether oxygens (including phenoxy) is 1. The third kappa shape index (κ3) is 1.60. The molecule has 0 aliphatic carbocycles. The Bertz CT molecular complexity index is 506. The Kier molecular flexibility index (Phi) is 2.51. The summed E-state index contributed by atoms with van der Waals surface area (Å²) in [4.78, 5) is 12.4. The number of anilines is 1. The van der Waals surface area contributed by atoms with E-state index in [4.69, 9.17) is 10.5 Å². The van der Waals surface area contributed by atoms with Crippen LogP contribution in [-0.2, 0) is 0 Å². The van der Waals surface area contributed by atoms with Crippen LogP contribution in [0.4, 0.5) is 5.95 Å². The molecule has 0 aliphatic heterocycles. The fraction of sp³-hybridized carbons (Fsp3) is 0.444. The van der Waals surface area contributed by atoms with E-state index in [1.807, 2.05) is 26.0 Å². The number of hydrogen-bond acceptors (Lipinski definition) is 6. The van der Waals surface area contributed by atoms with Crippen LogP contribution in [0.3, 0.4) is 0 Å². The SMILES string of the molecule is CCOc1nc(N)nc2c1ncn2N(C)C. The van der Waals surface area contributed by atoms with Crippen LogP contribution in [0, 0.1) is 0 Å². The van der Waals surface area contributed by atoms with E-state index in [1.165, 1.54) is 0 Å². The molecule has 0 aromatic carbocycles. The molecule has 0 unspecified atom stereocenters. The molecule has 0 aliphatic rings. The van der Waals surface area contributed by atoms with Gasteiger partial charge in [0.15, 0.2) is 11.2 Å². The zero-order valence-corrected chi connectivity index (χ0v) is 9.51. The molecule has 0 fully saturated rings.